The number of halogens is 1. The molecule has 8 nitrogen and oxygen atoms in total. The molecule has 0 atom stereocenters. The van der Waals surface area contributed by atoms with Crippen LogP contribution in [0.5, 0.6) is 0 Å². The molecule has 1 N–H and O–H groups in total. The number of rotatable bonds is 4. The first-order valence-electron chi connectivity index (χ1n) is 9.21. The van der Waals surface area contributed by atoms with Crippen LogP contribution in [-0.4, -0.2) is 37.6 Å². The van der Waals surface area contributed by atoms with Gasteiger partial charge in [-0.1, -0.05) is 17.7 Å². The second-order valence-corrected chi connectivity index (χ2v) is 8.40. The van der Waals surface area contributed by atoms with Crippen molar-refractivity contribution in [2.24, 2.45) is 14.1 Å². The van der Waals surface area contributed by atoms with Crippen molar-refractivity contribution in [3.8, 4) is 0 Å². The Labute approximate surface area is 186 Å². The summed E-state index contributed by atoms with van der Waals surface area (Å²) in [6.45, 7) is -0.392. The van der Waals surface area contributed by atoms with Crippen molar-refractivity contribution in [2.75, 3.05) is 11.9 Å². The van der Waals surface area contributed by atoms with Gasteiger partial charge in [0.15, 0.2) is 0 Å². The Morgan fingerprint density at radius 1 is 1.03 bits per heavy atom. The van der Waals surface area contributed by atoms with E-state index in [0.29, 0.717) is 21.8 Å². The van der Waals surface area contributed by atoms with Crippen molar-refractivity contribution in [1.82, 2.24) is 14.0 Å². The molecule has 10 heteroatoms. The van der Waals surface area contributed by atoms with Crippen LogP contribution in [0.4, 0.5) is 10.5 Å². The second-order valence-electron chi connectivity index (χ2n) is 6.97. The van der Waals surface area contributed by atoms with Crippen LogP contribution in [-0.2, 0) is 23.7 Å². The number of hydrogen-bond acceptors (Lipinski definition) is 5. The van der Waals surface area contributed by atoms with E-state index in [9.17, 15) is 19.2 Å². The van der Waals surface area contributed by atoms with Crippen LogP contribution in [0.15, 0.2) is 52.2 Å². The average molecular weight is 457 g/mol. The summed E-state index contributed by atoms with van der Waals surface area (Å²) in [5, 5.41) is 2.64. The zero-order valence-corrected chi connectivity index (χ0v) is 18.2. The van der Waals surface area contributed by atoms with Gasteiger partial charge in [-0.2, -0.15) is 0 Å². The first kappa shape index (κ1) is 21.0. The van der Waals surface area contributed by atoms with E-state index in [4.69, 9.17) is 11.6 Å². The monoisotopic (exact) mass is 456 g/mol. The molecule has 1 aliphatic rings. The van der Waals surface area contributed by atoms with Crippen molar-refractivity contribution in [2.45, 2.75) is 0 Å². The fourth-order valence-corrected chi connectivity index (χ4v) is 4.24. The number of carbonyl (C=O) groups excluding carboxylic acids is 3. The highest BCUT2D eigenvalue weighted by atomic mass is 35.5. The number of anilines is 1. The van der Waals surface area contributed by atoms with Crippen LogP contribution in [0.25, 0.3) is 17.1 Å². The topological polar surface area (TPSA) is 93.4 Å². The van der Waals surface area contributed by atoms with E-state index in [1.807, 2.05) is 0 Å². The molecule has 3 amide bonds. The van der Waals surface area contributed by atoms with Gasteiger partial charge in [0.2, 0.25) is 5.91 Å². The highest BCUT2D eigenvalue weighted by Crippen LogP contribution is 2.32. The maximum absolute atomic E-state index is 12.7. The summed E-state index contributed by atoms with van der Waals surface area (Å²) in [6, 6.07) is 11.8. The molecule has 0 bridgehead atoms. The minimum atomic E-state index is -0.539. The predicted octanol–water partition coefficient (Wildman–Crippen LogP) is 3.21. The van der Waals surface area contributed by atoms with Gasteiger partial charge < -0.3 is 5.32 Å². The van der Waals surface area contributed by atoms with E-state index < -0.39 is 23.6 Å². The molecule has 1 fully saturated rings. The fraction of sp³-hybridized carbons (Fsp3) is 0.143. The molecule has 1 saturated heterocycles. The van der Waals surface area contributed by atoms with E-state index in [2.05, 4.69) is 5.32 Å². The quantitative estimate of drug-likeness (QED) is 0.608. The number of imide groups is 1. The lowest BCUT2D eigenvalue weighted by atomic mass is 10.2. The summed E-state index contributed by atoms with van der Waals surface area (Å²) in [4.78, 5) is 50.5. The van der Waals surface area contributed by atoms with Crippen molar-refractivity contribution < 1.29 is 14.4 Å². The normalized spacial score (nSPS) is 15.3. The van der Waals surface area contributed by atoms with Crippen LogP contribution >= 0.6 is 23.4 Å². The van der Waals surface area contributed by atoms with Gasteiger partial charge in [0, 0.05) is 24.8 Å². The number of hydrogen-bond donors (Lipinski definition) is 1. The zero-order valence-electron chi connectivity index (χ0n) is 16.6. The van der Waals surface area contributed by atoms with Gasteiger partial charge in [0.05, 0.1) is 15.9 Å². The molecule has 31 heavy (non-hydrogen) atoms. The number of aryl methyl sites for hydroxylation is 2. The maximum atomic E-state index is 12.7. The molecule has 1 aromatic heterocycles. The number of benzene rings is 2. The van der Waals surface area contributed by atoms with Crippen molar-refractivity contribution in [1.29, 1.82) is 0 Å². The standard InChI is InChI=1S/C21H17ClN4O4S/c1-24-15-8-3-12(9-16(15)25(2)20(24)29)10-17-19(28)26(21(30)31-17)11-18(27)23-14-6-4-13(22)5-7-14/h3-10H,11H2,1-2H3,(H,23,27)/b17-10-. The highest BCUT2D eigenvalue weighted by molar-refractivity contribution is 8.18. The Hall–Kier alpha value is -3.30. The number of carbonyl (C=O) groups is 3. The first-order chi connectivity index (χ1) is 14.7. The van der Waals surface area contributed by atoms with Gasteiger partial charge in [-0.3, -0.25) is 28.4 Å². The first-order valence-corrected chi connectivity index (χ1v) is 10.4. The van der Waals surface area contributed by atoms with E-state index in [-0.39, 0.29) is 10.6 Å². The van der Waals surface area contributed by atoms with E-state index >= 15 is 0 Å². The van der Waals surface area contributed by atoms with Crippen LogP contribution < -0.4 is 11.0 Å². The Morgan fingerprint density at radius 2 is 1.71 bits per heavy atom. The summed E-state index contributed by atoms with van der Waals surface area (Å²) in [6.07, 6.45) is 1.58. The minimum absolute atomic E-state index is 0.154. The molecule has 0 saturated carbocycles. The Balaban J connectivity index is 1.52. The van der Waals surface area contributed by atoms with Crippen molar-refractivity contribution in [3.05, 3.63) is 68.4 Å². The molecule has 0 unspecified atom stereocenters. The lowest BCUT2D eigenvalue weighted by Crippen LogP contribution is -2.36. The van der Waals surface area contributed by atoms with Crippen molar-refractivity contribution >= 4 is 63.2 Å². The molecular formula is C21H17ClN4O4S. The summed E-state index contributed by atoms with van der Waals surface area (Å²) < 4.78 is 3.05. The molecule has 2 heterocycles. The lowest BCUT2D eigenvalue weighted by Gasteiger charge is -2.12. The smallest absolute Gasteiger partial charge is 0.325 e. The van der Waals surface area contributed by atoms with Crippen LogP contribution in [0.2, 0.25) is 5.02 Å². The number of nitrogens with one attached hydrogen (secondary N) is 1. The molecular weight excluding hydrogens is 440 g/mol. The number of fused-ring (bicyclic) bond motifs is 1. The van der Waals surface area contributed by atoms with Gasteiger partial charge in [-0.15, -0.1) is 0 Å². The largest absolute Gasteiger partial charge is 0.328 e. The van der Waals surface area contributed by atoms with Gasteiger partial charge in [-0.05, 0) is 59.8 Å². The Morgan fingerprint density at radius 3 is 2.42 bits per heavy atom. The van der Waals surface area contributed by atoms with Gasteiger partial charge in [-0.25, -0.2) is 4.79 Å². The van der Waals surface area contributed by atoms with Gasteiger partial charge >= 0.3 is 5.69 Å². The molecule has 0 spiro atoms. The Bertz CT molecular complexity index is 1320. The summed E-state index contributed by atoms with van der Waals surface area (Å²) in [5.74, 6) is -1.03. The molecule has 2 aromatic carbocycles. The number of imidazole rings is 1. The highest BCUT2D eigenvalue weighted by Gasteiger charge is 2.36. The molecule has 0 radical (unpaired) electrons. The third-order valence-electron chi connectivity index (χ3n) is 4.90. The summed E-state index contributed by atoms with van der Waals surface area (Å²) in [7, 11) is 3.35. The lowest BCUT2D eigenvalue weighted by molar-refractivity contribution is -0.127. The molecule has 3 aromatic rings. The van der Waals surface area contributed by atoms with E-state index in [1.54, 1.807) is 62.6 Å². The molecule has 4 rings (SSSR count). The summed E-state index contributed by atoms with van der Waals surface area (Å²) >= 11 is 6.59. The van der Waals surface area contributed by atoms with Crippen molar-refractivity contribution in [3.63, 3.8) is 0 Å². The number of amides is 3. The fourth-order valence-electron chi connectivity index (χ4n) is 3.28. The number of thioether (sulfide) groups is 1. The van der Waals surface area contributed by atoms with Gasteiger partial charge in [0.25, 0.3) is 11.1 Å². The van der Waals surface area contributed by atoms with E-state index in [1.165, 1.54) is 9.13 Å². The van der Waals surface area contributed by atoms with E-state index in [0.717, 1.165) is 22.2 Å². The van der Waals surface area contributed by atoms with Crippen LogP contribution in [0, 0.1) is 0 Å². The van der Waals surface area contributed by atoms with Crippen LogP contribution in [0.1, 0.15) is 5.56 Å². The molecule has 158 valence electrons. The summed E-state index contributed by atoms with van der Waals surface area (Å²) in [5.41, 5.74) is 2.50. The number of aromatic nitrogens is 2. The minimum Gasteiger partial charge on any atom is -0.325 e. The molecule has 1 aliphatic heterocycles. The molecule has 0 aliphatic carbocycles. The van der Waals surface area contributed by atoms with Crippen LogP contribution in [0.3, 0.4) is 0 Å². The average Bonchev–Trinajstić information content (AvgIpc) is 3.12. The third kappa shape index (κ3) is 4.01. The predicted molar refractivity (Wildman–Crippen MR) is 121 cm³/mol. The number of nitrogens with zero attached hydrogens (tertiary/aromatic N) is 3. The SMILES string of the molecule is Cn1c(=O)n(C)c2cc(/C=C3\SC(=O)N(CC(=O)Nc4ccc(Cl)cc4)C3=O)ccc21. The Kier molecular flexibility index (Phi) is 5.47. The van der Waals surface area contributed by atoms with Gasteiger partial charge in [0.1, 0.15) is 6.54 Å². The third-order valence-corrected chi connectivity index (χ3v) is 6.06. The second kappa shape index (κ2) is 8.09. The maximum Gasteiger partial charge on any atom is 0.328 e. The zero-order chi connectivity index (χ0) is 22.3.